The molecular formula is C10H23NO2. The molecule has 0 aliphatic carbocycles. The largest absolute Gasteiger partial charge is 0.394 e. The van der Waals surface area contributed by atoms with Gasteiger partial charge >= 0.3 is 0 Å². The second kappa shape index (κ2) is 7.30. The molecule has 0 fully saturated rings. The molecule has 3 heteroatoms. The summed E-state index contributed by atoms with van der Waals surface area (Å²) in [5.41, 5.74) is 0. The van der Waals surface area contributed by atoms with Crippen molar-refractivity contribution in [3.63, 3.8) is 0 Å². The molecule has 0 saturated carbocycles. The smallest absolute Gasteiger partial charge is 0.0698 e. The maximum atomic E-state index is 8.49. The fourth-order valence-corrected chi connectivity index (χ4v) is 1.09. The number of aliphatic hydroxyl groups is 1. The lowest BCUT2D eigenvalue weighted by Gasteiger charge is -2.27. The number of rotatable bonds is 7. The van der Waals surface area contributed by atoms with Crippen molar-refractivity contribution >= 4 is 0 Å². The summed E-state index contributed by atoms with van der Waals surface area (Å²) in [5.74, 6) is 0.669. The zero-order valence-electron chi connectivity index (χ0n) is 9.29. The summed E-state index contributed by atoms with van der Waals surface area (Å²) in [6.07, 6.45) is 0. The molecule has 80 valence electrons. The van der Waals surface area contributed by atoms with Crippen molar-refractivity contribution in [1.29, 1.82) is 0 Å². The second-order valence-corrected chi connectivity index (χ2v) is 3.80. The molecule has 0 radical (unpaired) electrons. The standard InChI is InChI=1S/C10H23NO2/c1-9(2)10(3)11(4)5-7-13-8-6-12/h9-10,12H,5-8H2,1-4H3. The van der Waals surface area contributed by atoms with Crippen molar-refractivity contribution in [3.8, 4) is 0 Å². The summed E-state index contributed by atoms with van der Waals surface area (Å²) in [4.78, 5) is 2.28. The van der Waals surface area contributed by atoms with E-state index in [4.69, 9.17) is 9.84 Å². The fourth-order valence-electron chi connectivity index (χ4n) is 1.09. The van der Waals surface area contributed by atoms with Crippen LogP contribution in [0.1, 0.15) is 20.8 Å². The molecule has 0 bridgehead atoms. The van der Waals surface area contributed by atoms with E-state index in [0.717, 1.165) is 6.54 Å². The van der Waals surface area contributed by atoms with Crippen LogP contribution < -0.4 is 0 Å². The maximum Gasteiger partial charge on any atom is 0.0698 e. The van der Waals surface area contributed by atoms with Crippen LogP contribution in [0.25, 0.3) is 0 Å². The first-order chi connectivity index (χ1) is 6.09. The van der Waals surface area contributed by atoms with Crippen LogP contribution in [-0.2, 0) is 4.74 Å². The number of likely N-dealkylation sites (N-methyl/N-ethyl adjacent to an activating group) is 1. The van der Waals surface area contributed by atoms with Gasteiger partial charge in [-0.3, -0.25) is 0 Å². The molecule has 0 amide bonds. The average Bonchev–Trinajstić information content (AvgIpc) is 2.10. The van der Waals surface area contributed by atoms with Gasteiger partial charge in [-0.2, -0.15) is 0 Å². The van der Waals surface area contributed by atoms with Gasteiger partial charge in [-0.25, -0.2) is 0 Å². The van der Waals surface area contributed by atoms with E-state index in [1.807, 2.05) is 0 Å². The lowest BCUT2D eigenvalue weighted by Crippen LogP contribution is -2.35. The van der Waals surface area contributed by atoms with E-state index in [2.05, 4.69) is 32.7 Å². The van der Waals surface area contributed by atoms with Crippen LogP contribution in [0.4, 0.5) is 0 Å². The van der Waals surface area contributed by atoms with Crippen molar-refractivity contribution in [3.05, 3.63) is 0 Å². The second-order valence-electron chi connectivity index (χ2n) is 3.80. The minimum Gasteiger partial charge on any atom is -0.394 e. The molecule has 13 heavy (non-hydrogen) atoms. The molecule has 0 aromatic heterocycles. The third-order valence-corrected chi connectivity index (χ3v) is 2.48. The monoisotopic (exact) mass is 189 g/mol. The number of hydrogen-bond donors (Lipinski definition) is 1. The summed E-state index contributed by atoms with van der Waals surface area (Å²) < 4.78 is 5.19. The Morgan fingerprint density at radius 1 is 1.23 bits per heavy atom. The molecule has 0 heterocycles. The van der Waals surface area contributed by atoms with Crippen LogP contribution in [0.2, 0.25) is 0 Å². The first kappa shape index (κ1) is 12.9. The Bertz CT molecular complexity index is 117. The van der Waals surface area contributed by atoms with E-state index in [0.29, 0.717) is 25.2 Å². The molecule has 0 saturated heterocycles. The number of aliphatic hydroxyl groups excluding tert-OH is 1. The van der Waals surface area contributed by atoms with Crippen molar-refractivity contribution in [2.75, 3.05) is 33.4 Å². The van der Waals surface area contributed by atoms with Crippen molar-refractivity contribution in [2.24, 2.45) is 5.92 Å². The zero-order valence-corrected chi connectivity index (χ0v) is 9.29. The van der Waals surface area contributed by atoms with Gasteiger partial charge in [-0.1, -0.05) is 13.8 Å². The molecule has 0 spiro atoms. The van der Waals surface area contributed by atoms with Crippen LogP contribution in [0.5, 0.6) is 0 Å². The van der Waals surface area contributed by atoms with Gasteiger partial charge in [0.25, 0.3) is 0 Å². The van der Waals surface area contributed by atoms with Crippen LogP contribution in [0.15, 0.2) is 0 Å². The van der Waals surface area contributed by atoms with Gasteiger partial charge in [0.15, 0.2) is 0 Å². The van der Waals surface area contributed by atoms with Crippen LogP contribution in [0, 0.1) is 5.92 Å². The summed E-state index contributed by atoms with van der Waals surface area (Å²) in [7, 11) is 2.10. The quantitative estimate of drug-likeness (QED) is 0.606. The Hall–Kier alpha value is -0.120. The van der Waals surface area contributed by atoms with E-state index >= 15 is 0 Å². The maximum absolute atomic E-state index is 8.49. The van der Waals surface area contributed by atoms with Crippen molar-refractivity contribution in [2.45, 2.75) is 26.8 Å². The Morgan fingerprint density at radius 2 is 1.85 bits per heavy atom. The molecule has 1 unspecified atom stereocenters. The van der Waals surface area contributed by atoms with E-state index in [1.165, 1.54) is 0 Å². The third kappa shape index (κ3) is 6.02. The highest BCUT2D eigenvalue weighted by Gasteiger charge is 2.11. The Kier molecular flexibility index (Phi) is 7.23. The average molecular weight is 189 g/mol. The van der Waals surface area contributed by atoms with Gasteiger partial charge in [-0.15, -0.1) is 0 Å². The number of hydrogen-bond acceptors (Lipinski definition) is 3. The first-order valence-electron chi connectivity index (χ1n) is 4.98. The topological polar surface area (TPSA) is 32.7 Å². The van der Waals surface area contributed by atoms with E-state index < -0.39 is 0 Å². The summed E-state index contributed by atoms with van der Waals surface area (Å²) in [6, 6.07) is 0.581. The molecule has 3 nitrogen and oxygen atoms in total. The van der Waals surface area contributed by atoms with Gasteiger partial charge in [0, 0.05) is 12.6 Å². The highest BCUT2D eigenvalue weighted by Crippen LogP contribution is 2.06. The van der Waals surface area contributed by atoms with Gasteiger partial charge in [-0.05, 0) is 19.9 Å². The van der Waals surface area contributed by atoms with Crippen molar-refractivity contribution in [1.82, 2.24) is 4.90 Å². The molecule has 0 aliphatic heterocycles. The van der Waals surface area contributed by atoms with Crippen molar-refractivity contribution < 1.29 is 9.84 Å². The summed E-state index contributed by atoms with van der Waals surface area (Å²) in [5, 5.41) is 8.49. The Balaban J connectivity index is 3.44. The van der Waals surface area contributed by atoms with Crippen LogP contribution in [0.3, 0.4) is 0 Å². The molecule has 0 aromatic carbocycles. The van der Waals surface area contributed by atoms with E-state index in [1.54, 1.807) is 0 Å². The third-order valence-electron chi connectivity index (χ3n) is 2.48. The van der Waals surface area contributed by atoms with Gasteiger partial charge in [0.05, 0.1) is 19.8 Å². The van der Waals surface area contributed by atoms with Gasteiger partial charge < -0.3 is 14.7 Å². The summed E-state index contributed by atoms with van der Waals surface area (Å²) >= 11 is 0. The number of nitrogens with zero attached hydrogens (tertiary/aromatic N) is 1. The first-order valence-corrected chi connectivity index (χ1v) is 4.98. The molecular weight excluding hydrogens is 166 g/mol. The lowest BCUT2D eigenvalue weighted by molar-refractivity contribution is 0.0672. The van der Waals surface area contributed by atoms with Gasteiger partial charge in [0.1, 0.15) is 0 Å². The highest BCUT2D eigenvalue weighted by molar-refractivity contribution is 4.66. The van der Waals surface area contributed by atoms with E-state index in [-0.39, 0.29) is 6.61 Å². The highest BCUT2D eigenvalue weighted by atomic mass is 16.5. The molecule has 0 aromatic rings. The number of ether oxygens (including phenoxy) is 1. The molecule has 1 atom stereocenters. The lowest BCUT2D eigenvalue weighted by atomic mass is 10.1. The normalized spacial score (nSPS) is 14.1. The van der Waals surface area contributed by atoms with Crippen LogP contribution in [-0.4, -0.2) is 49.5 Å². The predicted octanol–water partition coefficient (Wildman–Crippen LogP) is 0.972. The van der Waals surface area contributed by atoms with Gasteiger partial charge in [0.2, 0.25) is 0 Å². The summed E-state index contributed by atoms with van der Waals surface area (Å²) in [6.45, 7) is 8.85. The fraction of sp³-hybridized carbons (Fsp3) is 1.00. The zero-order chi connectivity index (χ0) is 10.3. The van der Waals surface area contributed by atoms with Crippen LogP contribution >= 0.6 is 0 Å². The molecule has 0 rings (SSSR count). The SMILES string of the molecule is CC(C)C(C)N(C)CCOCCO. The molecule has 0 aliphatic rings. The minimum absolute atomic E-state index is 0.115. The predicted molar refractivity (Wildman–Crippen MR) is 54.8 cm³/mol. The molecule has 1 N–H and O–H groups in total. The minimum atomic E-state index is 0.115. The van der Waals surface area contributed by atoms with E-state index in [9.17, 15) is 0 Å². The Labute approximate surface area is 81.7 Å². The Morgan fingerprint density at radius 3 is 2.31 bits per heavy atom.